The Morgan fingerprint density at radius 1 is 0.960 bits per heavy atom. The summed E-state index contributed by atoms with van der Waals surface area (Å²) in [6.45, 7) is 3.46. The maximum Gasteiger partial charge on any atom is 0.292 e. The largest absolute Gasteiger partial charge is 0.318 e. The maximum atomic E-state index is 12.8. The van der Waals surface area contributed by atoms with Crippen LogP contribution < -0.4 is 19.7 Å². The Morgan fingerprint density at radius 3 is 2.36 bits per heavy atom. The average Bonchev–Trinajstić information content (AvgIpc) is 2.97. The average molecular weight is 338 g/mol. The second kappa shape index (κ2) is 6.64. The number of imide groups is 1. The number of quaternary nitrogens is 1. The Hall–Kier alpha value is -2.73. The summed E-state index contributed by atoms with van der Waals surface area (Å²) >= 11 is 0. The number of amides is 2. The smallest absolute Gasteiger partial charge is 0.292 e. The van der Waals surface area contributed by atoms with Crippen LogP contribution in [0.3, 0.4) is 0 Å². The minimum Gasteiger partial charge on any atom is -0.318 e. The summed E-state index contributed by atoms with van der Waals surface area (Å²) in [7, 11) is 0. The van der Waals surface area contributed by atoms with E-state index in [0.717, 1.165) is 32.0 Å². The monoisotopic (exact) mass is 338 g/mol. The van der Waals surface area contributed by atoms with Crippen LogP contribution in [0.1, 0.15) is 6.42 Å². The molecule has 1 aromatic heterocycles. The molecule has 1 atom stereocenters. The lowest BCUT2D eigenvalue weighted by molar-refractivity contribution is -0.915. The number of H-pyrrole nitrogens is 1. The van der Waals surface area contributed by atoms with E-state index < -0.39 is 0 Å². The van der Waals surface area contributed by atoms with Gasteiger partial charge >= 0.3 is 0 Å². The first kappa shape index (κ1) is 15.8. The van der Waals surface area contributed by atoms with Gasteiger partial charge < -0.3 is 4.90 Å². The highest BCUT2D eigenvalue weighted by Crippen LogP contribution is 2.21. The summed E-state index contributed by atoms with van der Waals surface area (Å²) in [6.07, 6.45) is 2.23. The lowest BCUT2D eigenvalue weighted by Gasteiger charge is -2.31. The van der Waals surface area contributed by atoms with Crippen LogP contribution in [0.5, 0.6) is 0 Å². The summed E-state index contributed by atoms with van der Waals surface area (Å²) in [5, 5.41) is 0. The van der Waals surface area contributed by atoms with Crippen molar-refractivity contribution in [2.45, 2.75) is 12.5 Å². The molecule has 3 heterocycles. The van der Waals surface area contributed by atoms with Crippen LogP contribution in [-0.2, 0) is 9.59 Å². The van der Waals surface area contributed by atoms with Crippen molar-refractivity contribution in [1.82, 2.24) is 0 Å². The van der Waals surface area contributed by atoms with Crippen molar-refractivity contribution in [3.05, 3.63) is 54.7 Å². The number of hydrogen-bond donors (Lipinski definition) is 1. The predicted octanol–water partition coefficient (Wildman–Crippen LogP) is -0.462. The third kappa shape index (κ3) is 3.00. The molecule has 2 N–H and O–H groups in total. The molecule has 2 aromatic rings. The summed E-state index contributed by atoms with van der Waals surface area (Å²) < 4.78 is 0. The molecular formula is C19H22N4O2+2. The predicted molar refractivity (Wildman–Crippen MR) is 93.2 cm³/mol. The van der Waals surface area contributed by atoms with Crippen molar-refractivity contribution in [1.29, 1.82) is 0 Å². The van der Waals surface area contributed by atoms with Crippen molar-refractivity contribution < 1.29 is 19.5 Å². The number of benzene rings is 1. The van der Waals surface area contributed by atoms with Crippen LogP contribution in [0.25, 0.3) is 0 Å². The molecule has 0 saturated carbocycles. The van der Waals surface area contributed by atoms with Crippen LogP contribution in [0.2, 0.25) is 0 Å². The zero-order valence-electron chi connectivity index (χ0n) is 14.0. The first-order valence-corrected chi connectivity index (χ1v) is 8.72. The van der Waals surface area contributed by atoms with Crippen LogP contribution >= 0.6 is 0 Å². The van der Waals surface area contributed by atoms with E-state index in [4.69, 9.17) is 0 Å². The highest BCUT2D eigenvalue weighted by atomic mass is 16.2. The molecule has 4 rings (SSSR count). The van der Waals surface area contributed by atoms with Crippen LogP contribution in [0.15, 0.2) is 54.7 Å². The Balaban J connectivity index is 1.44. The van der Waals surface area contributed by atoms with Gasteiger partial charge in [0.1, 0.15) is 26.2 Å². The summed E-state index contributed by atoms with van der Waals surface area (Å²) in [4.78, 5) is 33.3. The first-order chi connectivity index (χ1) is 12.2. The quantitative estimate of drug-likeness (QED) is 0.771. The molecule has 0 unspecified atom stereocenters. The lowest BCUT2D eigenvalue weighted by Crippen LogP contribution is -3.19. The molecule has 2 saturated heterocycles. The third-order valence-electron chi connectivity index (χ3n) is 5.09. The Bertz CT molecular complexity index is 758. The van der Waals surface area contributed by atoms with Crippen LogP contribution in [0.4, 0.5) is 11.5 Å². The Morgan fingerprint density at radius 2 is 1.68 bits per heavy atom. The van der Waals surface area contributed by atoms with Crippen LogP contribution in [0, 0.1) is 0 Å². The van der Waals surface area contributed by atoms with Crippen molar-refractivity contribution in [3.63, 3.8) is 0 Å². The number of nitrogens with zero attached hydrogens (tertiary/aromatic N) is 2. The number of carbonyl (C=O) groups excluding carboxylic acids is 2. The van der Waals surface area contributed by atoms with Gasteiger partial charge in [-0.15, -0.1) is 0 Å². The topological polar surface area (TPSA) is 59.2 Å². The Labute approximate surface area is 146 Å². The molecule has 2 aliphatic heterocycles. The lowest BCUT2D eigenvalue weighted by atomic mass is 10.1. The van der Waals surface area contributed by atoms with Crippen molar-refractivity contribution in [3.8, 4) is 0 Å². The number of pyridine rings is 1. The SMILES string of the molecule is O=C1C[C@@H]([NH+]2CCN(c3cccc[nH+]3)CC2)C(=O)N1c1ccccc1. The fourth-order valence-electron chi connectivity index (χ4n) is 3.76. The number of nitrogens with one attached hydrogen (secondary N) is 2. The molecule has 2 fully saturated rings. The molecule has 6 nitrogen and oxygen atoms in total. The molecule has 1 aromatic carbocycles. The molecule has 0 radical (unpaired) electrons. The number of hydrogen-bond acceptors (Lipinski definition) is 3. The molecule has 0 bridgehead atoms. The molecule has 0 aliphatic carbocycles. The van der Waals surface area contributed by atoms with E-state index in [0.29, 0.717) is 12.1 Å². The summed E-state index contributed by atoms with van der Waals surface area (Å²) in [6, 6.07) is 15.0. The highest BCUT2D eigenvalue weighted by molar-refractivity contribution is 6.21. The fourth-order valence-corrected chi connectivity index (χ4v) is 3.76. The van der Waals surface area contributed by atoms with E-state index in [1.165, 1.54) is 9.80 Å². The van der Waals surface area contributed by atoms with E-state index in [2.05, 4.69) is 16.0 Å². The van der Waals surface area contributed by atoms with Gasteiger partial charge in [-0.05, 0) is 18.2 Å². The van der Waals surface area contributed by atoms with E-state index in [9.17, 15) is 9.59 Å². The number of aromatic amines is 1. The maximum absolute atomic E-state index is 12.8. The summed E-state index contributed by atoms with van der Waals surface area (Å²) in [5.74, 6) is 0.944. The fraction of sp³-hybridized carbons (Fsp3) is 0.316. The van der Waals surface area contributed by atoms with E-state index in [-0.39, 0.29) is 17.9 Å². The van der Waals surface area contributed by atoms with Gasteiger partial charge in [-0.2, -0.15) is 0 Å². The van der Waals surface area contributed by atoms with E-state index in [1.807, 2.05) is 48.7 Å². The van der Waals surface area contributed by atoms with E-state index in [1.54, 1.807) is 0 Å². The number of carbonyl (C=O) groups is 2. The van der Waals surface area contributed by atoms with Gasteiger partial charge in [0.15, 0.2) is 6.04 Å². The molecular weight excluding hydrogens is 316 g/mol. The van der Waals surface area contributed by atoms with Gasteiger partial charge in [-0.25, -0.2) is 9.88 Å². The molecule has 2 amide bonds. The molecule has 6 heteroatoms. The number of rotatable bonds is 3. The number of piperazine rings is 1. The molecule has 0 spiro atoms. The zero-order valence-corrected chi connectivity index (χ0v) is 14.0. The minimum atomic E-state index is -0.255. The molecule has 2 aliphatic rings. The Kier molecular flexibility index (Phi) is 4.19. The van der Waals surface area contributed by atoms with Gasteiger partial charge in [0.05, 0.1) is 18.3 Å². The standard InChI is InChI=1S/C19H20N4O2/c24-18-14-16(19(25)23(18)15-6-2-1-3-7-15)21-10-12-22(13-11-21)17-8-4-5-9-20-17/h1-9,16H,10-14H2/p+2/t16-/m1/s1. The van der Waals surface area contributed by atoms with Gasteiger partial charge in [-0.3, -0.25) is 14.5 Å². The van der Waals surface area contributed by atoms with Crippen molar-refractivity contribution in [2.75, 3.05) is 36.0 Å². The molecule has 128 valence electrons. The van der Waals surface area contributed by atoms with Gasteiger partial charge in [-0.1, -0.05) is 24.3 Å². The number of anilines is 2. The van der Waals surface area contributed by atoms with Crippen molar-refractivity contribution >= 4 is 23.3 Å². The van der Waals surface area contributed by atoms with E-state index >= 15 is 0 Å². The van der Waals surface area contributed by atoms with Gasteiger partial charge in [0.2, 0.25) is 5.91 Å². The van der Waals surface area contributed by atoms with Crippen molar-refractivity contribution in [2.24, 2.45) is 0 Å². The third-order valence-corrected chi connectivity index (χ3v) is 5.09. The van der Waals surface area contributed by atoms with Crippen LogP contribution in [-0.4, -0.2) is 44.0 Å². The first-order valence-electron chi connectivity index (χ1n) is 8.72. The minimum absolute atomic E-state index is 0.0640. The molecule has 25 heavy (non-hydrogen) atoms. The normalized spacial score (nSPS) is 21.8. The zero-order chi connectivity index (χ0) is 17.2. The van der Waals surface area contributed by atoms with Gasteiger partial charge in [0, 0.05) is 6.07 Å². The van der Waals surface area contributed by atoms with Gasteiger partial charge in [0.25, 0.3) is 11.7 Å². The number of aromatic nitrogens is 1. The second-order valence-corrected chi connectivity index (χ2v) is 6.55. The summed E-state index contributed by atoms with van der Waals surface area (Å²) in [5.41, 5.74) is 0.678. The second-order valence-electron chi connectivity index (χ2n) is 6.55. The number of para-hydroxylation sites is 1. The highest BCUT2D eigenvalue weighted by Gasteiger charge is 2.47.